The Bertz CT molecular complexity index is 508. The van der Waals surface area contributed by atoms with Crippen LogP contribution in [0.2, 0.25) is 0 Å². The van der Waals surface area contributed by atoms with Crippen molar-refractivity contribution in [3.63, 3.8) is 0 Å². The van der Waals surface area contributed by atoms with Crippen LogP contribution in [-0.4, -0.2) is 48.3 Å². The molecule has 2 N–H and O–H groups in total. The molecule has 0 aromatic heterocycles. The number of nitrogens with zero attached hydrogens (tertiary/aromatic N) is 1. The zero-order chi connectivity index (χ0) is 14.5. The van der Waals surface area contributed by atoms with Gasteiger partial charge in [0.25, 0.3) is 0 Å². The van der Waals surface area contributed by atoms with Crippen LogP contribution in [0.1, 0.15) is 22.3 Å². The van der Waals surface area contributed by atoms with E-state index < -0.39 is 5.97 Å². The summed E-state index contributed by atoms with van der Waals surface area (Å²) in [6.07, 6.45) is 0.785. The van der Waals surface area contributed by atoms with Gasteiger partial charge < -0.3 is 20.1 Å². The van der Waals surface area contributed by atoms with Gasteiger partial charge in [0.15, 0.2) is 0 Å². The monoisotopic (exact) mass is 278 g/mol. The number of nitrogens with one attached hydrogen (secondary N) is 1. The number of aromatic carboxylic acids is 1. The van der Waals surface area contributed by atoms with E-state index in [9.17, 15) is 14.7 Å². The van der Waals surface area contributed by atoms with Gasteiger partial charge in [-0.2, -0.15) is 0 Å². The molecular weight excluding hydrogens is 260 g/mol. The number of carboxylic acid groups (broad SMARTS) is 1. The molecule has 2 amide bonds. The predicted molar refractivity (Wildman–Crippen MR) is 74.2 cm³/mol. The Balaban J connectivity index is 2.16. The number of urea groups is 1. The van der Waals surface area contributed by atoms with Crippen LogP contribution in [0.4, 0.5) is 10.5 Å². The maximum absolute atomic E-state index is 12.2. The third-order valence-electron chi connectivity index (χ3n) is 3.24. The molecule has 2 rings (SSSR count). The first-order valence-corrected chi connectivity index (χ1v) is 6.56. The second kappa shape index (κ2) is 6.38. The standard InChI is InChI=1S/C14H18N2O4/c1-10-4-2-5-11(13(17)18)12(10)15-14(19)16-6-3-8-20-9-7-16/h2,4-5H,3,6-9H2,1H3,(H,15,19)(H,17,18). The lowest BCUT2D eigenvalue weighted by Crippen LogP contribution is -2.37. The minimum atomic E-state index is -1.05. The fourth-order valence-electron chi connectivity index (χ4n) is 2.15. The van der Waals surface area contributed by atoms with E-state index in [4.69, 9.17) is 4.74 Å². The number of rotatable bonds is 2. The number of amides is 2. The molecule has 0 unspecified atom stereocenters. The molecule has 20 heavy (non-hydrogen) atoms. The number of carboxylic acids is 1. The van der Waals surface area contributed by atoms with Gasteiger partial charge >= 0.3 is 12.0 Å². The van der Waals surface area contributed by atoms with Gasteiger partial charge in [0.1, 0.15) is 0 Å². The van der Waals surface area contributed by atoms with Crippen LogP contribution < -0.4 is 5.32 Å². The molecule has 1 aliphatic rings. The first kappa shape index (κ1) is 14.3. The Hall–Kier alpha value is -2.08. The van der Waals surface area contributed by atoms with Crippen LogP contribution >= 0.6 is 0 Å². The third-order valence-corrected chi connectivity index (χ3v) is 3.24. The molecule has 6 heteroatoms. The lowest BCUT2D eigenvalue weighted by molar-refractivity contribution is 0.0698. The van der Waals surface area contributed by atoms with Crippen LogP contribution in [-0.2, 0) is 4.74 Å². The first-order chi connectivity index (χ1) is 9.59. The smallest absolute Gasteiger partial charge is 0.337 e. The number of aryl methyl sites for hydroxylation is 1. The number of benzene rings is 1. The van der Waals surface area contributed by atoms with Crippen molar-refractivity contribution >= 4 is 17.7 Å². The van der Waals surface area contributed by atoms with Crippen molar-refractivity contribution in [1.29, 1.82) is 0 Å². The summed E-state index contributed by atoms with van der Waals surface area (Å²) in [7, 11) is 0. The van der Waals surface area contributed by atoms with Crippen LogP contribution in [0.5, 0.6) is 0 Å². The van der Waals surface area contributed by atoms with Crippen molar-refractivity contribution in [2.75, 3.05) is 31.6 Å². The minimum Gasteiger partial charge on any atom is -0.478 e. The first-order valence-electron chi connectivity index (χ1n) is 6.56. The maximum Gasteiger partial charge on any atom is 0.337 e. The van der Waals surface area contributed by atoms with Gasteiger partial charge in [0.2, 0.25) is 0 Å². The van der Waals surface area contributed by atoms with Gasteiger partial charge in [-0.05, 0) is 25.0 Å². The van der Waals surface area contributed by atoms with E-state index in [1.54, 1.807) is 24.0 Å². The van der Waals surface area contributed by atoms with E-state index in [-0.39, 0.29) is 11.6 Å². The van der Waals surface area contributed by atoms with Gasteiger partial charge in [-0.25, -0.2) is 9.59 Å². The summed E-state index contributed by atoms with van der Waals surface area (Å²) in [6.45, 7) is 4.05. The number of anilines is 1. The van der Waals surface area contributed by atoms with Crippen molar-refractivity contribution in [3.8, 4) is 0 Å². The van der Waals surface area contributed by atoms with Crippen molar-refractivity contribution in [1.82, 2.24) is 4.90 Å². The molecule has 6 nitrogen and oxygen atoms in total. The van der Waals surface area contributed by atoms with E-state index in [1.165, 1.54) is 6.07 Å². The zero-order valence-corrected chi connectivity index (χ0v) is 11.4. The molecule has 1 heterocycles. The number of para-hydroxylation sites is 1. The molecule has 108 valence electrons. The van der Waals surface area contributed by atoms with Crippen LogP contribution in [0.25, 0.3) is 0 Å². The average Bonchev–Trinajstić information content (AvgIpc) is 2.69. The molecule has 1 fully saturated rings. The van der Waals surface area contributed by atoms with Crippen LogP contribution in [0.3, 0.4) is 0 Å². The molecule has 0 atom stereocenters. The van der Waals surface area contributed by atoms with Crippen molar-refractivity contribution < 1.29 is 19.4 Å². The SMILES string of the molecule is Cc1cccc(C(=O)O)c1NC(=O)N1CCCOCC1. The summed E-state index contributed by atoms with van der Waals surface area (Å²) in [4.78, 5) is 25.1. The quantitative estimate of drug-likeness (QED) is 0.866. The fraction of sp³-hybridized carbons (Fsp3) is 0.429. The molecule has 0 spiro atoms. The van der Waals surface area contributed by atoms with Crippen LogP contribution in [0.15, 0.2) is 18.2 Å². The Kier molecular flexibility index (Phi) is 4.57. The van der Waals surface area contributed by atoms with Crippen LogP contribution in [0, 0.1) is 6.92 Å². The van der Waals surface area contributed by atoms with Crippen molar-refractivity contribution in [2.45, 2.75) is 13.3 Å². The van der Waals surface area contributed by atoms with Gasteiger partial charge in [0.05, 0.1) is 17.9 Å². The highest BCUT2D eigenvalue weighted by atomic mass is 16.5. The summed E-state index contributed by atoms with van der Waals surface area (Å²) in [5.74, 6) is -1.05. The van der Waals surface area contributed by atoms with Gasteiger partial charge in [-0.1, -0.05) is 12.1 Å². The lowest BCUT2D eigenvalue weighted by Gasteiger charge is -2.21. The molecule has 0 saturated carbocycles. The number of hydrogen-bond acceptors (Lipinski definition) is 3. The Morgan fingerprint density at radius 2 is 2.10 bits per heavy atom. The van der Waals surface area contributed by atoms with E-state index in [2.05, 4.69) is 5.32 Å². The largest absolute Gasteiger partial charge is 0.478 e. The molecule has 1 aliphatic heterocycles. The molecule has 1 saturated heterocycles. The number of hydrogen-bond donors (Lipinski definition) is 2. The second-order valence-corrected chi connectivity index (χ2v) is 4.69. The maximum atomic E-state index is 12.2. The fourth-order valence-corrected chi connectivity index (χ4v) is 2.15. The predicted octanol–water partition coefficient (Wildman–Crippen LogP) is 1.95. The minimum absolute atomic E-state index is 0.101. The third kappa shape index (κ3) is 3.27. The Labute approximate surface area is 117 Å². The Morgan fingerprint density at radius 1 is 1.30 bits per heavy atom. The molecule has 0 bridgehead atoms. The average molecular weight is 278 g/mol. The topological polar surface area (TPSA) is 78.9 Å². The van der Waals surface area contributed by atoms with Gasteiger partial charge in [0, 0.05) is 19.7 Å². The molecule has 0 aliphatic carbocycles. The van der Waals surface area contributed by atoms with E-state index in [1.807, 2.05) is 0 Å². The van der Waals surface area contributed by atoms with Crippen molar-refractivity contribution in [2.24, 2.45) is 0 Å². The van der Waals surface area contributed by atoms with E-state index >= 15 is 0 Å². The highest BCUT2D eigenvalue weighted by molar-refractivity contribution is 6.01. The highest BCUT2D eigenvalue weighted by Crippen LogP contribution is 2.21. The summed E-state index contributed by atoms with van der Waals surface area (Å²) < 4.78 is 5.29. The lowest BCUT2D eigenvalue weighted by atomic mass is 10.1. The normalized spacial score (nSPS) is 15.6. The summed E-state index contributed by atoms with van der Waals surface area (Å²) in [5, 5.41) is 11.9. The highest BCUT2D eigenvalue weighted by Gasteiger charge is 2.19. The van der Waals surface area contributed by atoms with Crippen molar-refractivity contribution in [3.05, 3.63) is 29.3 Å². The molecule has 0 radical (unpaired) electrons. The summed E-state index contributed by atoms with van der Waals surface area (Å²) in [5.41, 5.74) is 1.18. The molecule has 1 aromatic carbocycles. The number of ether oxygens (including phenoxy) is 1. The Morgan fingerprint density at radius 3 is 2.85 bits per heavy atom. The van der Waals surface area contributed by atoms with E-state index in [0.29, 0.717) is 32.0 Å². The summed E-state index contributed by atoms with van der Waals surface area (Å²) >= 11 is 0. The zero-order valence-electron chi connectivity index (χ0n) is 11.4. The van der Waals surface area contributed by atoms with Gasteiger partial charge in [-0.15, -0.1) is 0 Å². The molecule has 1 aromatic rings. The van der Waals surface area contributed by atoms with E-state index in [0.717, 1.165) is 12.0 Å². The number of carbonyl (C=O) groups is 2. The number of carbonyl (C=O) groups excluding carboxylic acids is 1. The summed E-state index contributed by atoms with van der Waals surface area (Å²) in [6, 6.07) is 4.63. The van der Waals surface area contributed by atoms with Gasteiger partial charge in [-0.3, -0.25) is 0 Å². The second-order valence-electron chi connectivity index (χ2n) is 4.69. The molecular formula is C14H18N2O4.